The number of amides is 3. The molecule has 34 heteroatoms. The summed E-state index contributed by atoms with van der Waals surface area (Å²) in [4.78, 5) is 94.5. The molecule has 30 nitrogen and oxygen atoms in total. The molecule has 0 bridgehead atoms. The lowest BCUT2D eigenvalue weighted by atomic mass is 9.94. The molecule has 0 saturated carbocycles. The smallest absolute Gasteiger partial charge is 0.410 e. The van der Waals surface area contributed by atoms with Crippen LogP contribution in [0.1, 0.15) is 126 Å². The molecule has 7 aromatic carbocycles. The number of carbonyl (C=O) groups excluding carboxylic acids is 3. The number of rotatable bonds is 20. The molecule has 11 heterocycles. The van der Waals surface area contributed by atoms with Crippen molar-refractivity contribution < 1.29 is 60.7 Å². The summed E-state index contributed by atoms with van der Waals surface area (Å²) in [6.07, 6.45) is 4.77. The van der Waals surface area contributed by atoms with Crippen LogP contribution >= 0.6 is 34.8 Å². The van der Waals surface area contributed by atoms with Crippen molar-refractivity contribution in [3.05, 3.63) is 269 Å². The zero-order valence-electron chi connectivity index (χ0n) is 75.4. The largest absolute Gasteiger partial charge is 0.462 e. The lowest BCUT2D eigenvalue weighted by Gasteiger charge is -2.41. The molecule has 8 aliphatic heterocycles. The van der Waals surface area contributed by atoms with Crippen molar-refractivity contribution in [3.8, 4) is 12.0 Å². The van der Waals surface area contributed by atoms with Gasteiger partial charge >= 0.3 is 30.3 Å². The molecule has 0 N–H and O–H groups in total. The zero-order chi connectivity index (χ0) is 93.0. The van der Waals surface area contributed by atoms with Crippen molar-refractivity contribution in [3.63, 3.8) is 0 Å². The number of fused-ring (bicyclic) bond motifs is 5. The summed E-state index contributed by atoms with van der Waals surface area (Å²) in [7, 11) is 0.496. The Labute approximate surface area is 790 Å². The quantitative estimate of drug-likeness (QED) is 0.0389. The maximum Gasteiger partial charge on any atom is 0.410 e. The van der Waals surface area contributed by atoms with Crippen LogP contribution in [-0.4, -0.2) is 242 Å². The van der Waals surface area contributed by atoms with Crippen molar-refractivity contribution in [2.75, 3.05) is 140 Å². The molecule has 10 aromatic rings. The van der Waals surface area contributed by atoms with Crippen LogP contribution in [0.4, 0.5) is 31.8 Å². The molecular weight excluding hydrogens is 1770 g/mol. The minimum atomic E-state index is -3.75. The number of piperazine rings is 3. The number of carbonyl (C=O) groups is 3. The van der Waals surface area contributed by atoms with Gasteiger partial charge in [-0.2, -0.15) is 19.9 Å². The molecule has 0 radical (unpaired) electrons. The van der Waals surface area contributed by atoms with Crippen LogP contribution in [0.2, 0.25) is 15.1 Å². The van der Waals surface area contributed by atoms with Gasteiger partial charge in [0.1, 0.15) is 67.6 Å². The molecule has 694 valence electrons. The molecule has 1 unspecified atom stereocenters. The highest BCUT2D eigenvalue weighted by molar-refractivity contribution is 7.90. The summed E-state index contributed by atoms with van der Waals surface area (Å²) in [6, 6.07) is 50.6. The van der Waals surface area contributed by atoms with Crippen molar-refractivity contribution >= 4 is 102 Å². The van der Waals surface area contributed by atoms with Crippen molar-refractivity contribution in [1.82, 2.24) is 54.4 Å². The summed E-state index contributed by atoms with van der Waals surface area (Å²) in [6.45, 7) is 36.5. The first-order valence-corrected chi connectivity index (χ1v) is 48.0. The van der Waals surface area contributed by atoms with Gasteiger partial charge in [0.2, 0.25) is 34.6 Å². The van der Waals surface area contributed by atoms with Crippen molar-refractivity contribution in [1.29, 1.82) is 0 Å². The number of sulfone groups is 1. The van der Waals surface area contributed by atoms with Gasteiger partial charge in [-0.25, -0.2) is 52.5 Å². The second-order valence-electron chi connectivity index (χ2n) is 35.6. The number of aromatic nitrogens is 6. The average Bonchev–Trinajstić information content (AvgIpc) is 0.884. The maximum atomic E-state index is 13.1. The molecule has 5 saturated heterocycles. The Morgan fingerprint density at radius 2 is 0.812 bits per heavy atom. The highest BCUT2D eigenvalue weighted by atomic mass is 35.5. The predicted molar refractivity (Wildman–Crippen MR) is 507 cm³/mol. The third-order valence-electron chi connectivity index (χ3n) is 25.5. The summed E-state index contributed by atoms with van der Waals surface area (Å²) < 4.78 is 74.1. The topological polar surface area (TPSA) is 276 Å². The van der Waals surface area contributed by atoms with Crippen LogP contribution in [0.25, 0.3) is 36.1 Å². The second kappa shape index (κ2) is 42.6. The van der Waals surface area contributed by atoms with Gasteiger partial charge in [0.25, 0.3) is 0 Å². The van der Waals surface area contributed by atoms with Crippen molar-refractivity contribution in [2.24, 2.45) is 0 Å². The lowest BCUT2D eigenvalue weighted by molar-refractivity contribution is 0.0150. The van der Waals surface area contributed by atoms with Gasteiger partial charge in [-0.3, -0.25) is 14.7 Å². The van der Waals surface area contributed by atoms with Crippen molar-refractivity contribution in [2.45, 2.75) is 158 Å². The molecule has 8 aliphatic rings. The first-order valence-electron chi connectivity index (χ1n) is 45.0. The van der Waals surface area contributed by atoms with Gasteiger partial charge < -0.3 is 76.9 Å². The highest BCUT2D eigenvalue weighted by Gasteiger charge is 2.43. The van der Waals surface area contributed by atoms with E-state index in [-0.39, 0.29) is 82.0 Å². The number of likely N-dealkylation sites (N-methyl/N-ethyl adjacent to an activating group) is 2. The zero-order valence-corrected chi connectivity index (χ0v) is 78.5. The number of ether oxygens (including phenoxy) is 8. The molecular formula is C99H108Cl3N17O13S. The Hall–Kier alpha value is -11.8. The Morgan fingerprint density at radius 1 is 0.444 bits per heavy atom. The number of benzene rings is 7. The van der Waals surface area contributed by atoms with E-state index in [0.29, 0.717) is 148 Å². The fourth-order valence-electron chi connectivity index (χ4n) is 18.6. The highest BCUT2D eigenvalue weighted by Crippen LogP contribution is 2.44. The Bertz CT molecular complexity index is 6120. The van der Waals surface area contributed by atoms with Crippen LogP contribution in [0.5, 0.6) is 12.0 Å². The van der Waals surface area contributed by atoms with Gasteiger partial charge in [-0.05, 0) is 130 Å². The summed E-state index contributed by atoms with van der Waals surface area (Å²) in [5.74, 6) is 1.91. The fraction of sp³-hybridized carbons (Fsp3) is 0.434. The molecule has 0 spiro atoms. The second-order valence-corrected chi connectivity index (χ2v) is 38.7. The number of hydrogen-bond acceptors (Lipinski definition) is 24. The third-order valence-corrected chi connectivity index (χ3v) is 27.4. The van der Waals surface area contributed by atoms with E-state index in [1.807, 2.05) is 165 Å². The van der Waals surface area contributed by atoms with Gasteiger partial charge in [-0.15, -0.1) is 0 Å². The normalized spacial score (nSPS) is 20.9. The number of likely N-dealkylation sites (tertiary alicyclic amines) is 2. The molecule has 18 rings (SSSR count). The molecule has 8 atom stereocenters. The molecule has 3 aromatic heterocycles. The number of nitrogens with zero attached hydrogens (tertiary/aromatic N) is 17. The molecule has 0 aliphatic carbocycles. The SMILES string of the molecule is [C-]#[N+]C[C@@H]1CN(c2nc(S(C)(=O)=O)nc3c2CO[C@H](c2cccc4cccc(Cl)c24)C3)CCN1C(=O)OCc1ccccc1.[C-]#[N+]C[C@H]1CN(c2nc(OC[C@@H]3CCCN3C)nc3c2COC(c2ccccc2Cl)C3)CCN1C(=O)OCc1ccccc1.[C-]#[N+]C[C@H]1CN(c2nc(OC[C@@H]3CCCN3C)nc3c2CO[C@H](c2cccc4cccc(Cl)c24)C3)CCN1C(=O)OC(C)(C)C. The summed E-state index contributed by atoms with van der Waals surface area (Å²) in [5.41, 5.74) is 8.87. The van der Waals surface area contributed by atoms with E-state index in [0.717, 1.165) is 129 Å². The van der Waals surface area contributed by atoms with Gasteiger partial charge in [0.05, 0.1) is 55.2 Å². The van der Waals surface area contributed by atoms with E-state index in [1.54, 1.807) is 14.7 Å². The standard InChI is InChI=1S/C34H41ClN6O4.C33H37ClN6O4.C32H30ClN5O5S/c1-34(2,3)45-33(42)41-16-15-40(19-24(41)18-36-4)31-26-21-43-29(25-12-6-9-22-10-7-13-27(35)30(22)25)17-28(26)37-32(38-31)44-20-23-11-8-14-39(23)5;1-35-18-25-19-39(15-16-40(25)33(41)44-20-23-9-4-3-5-10-23)31-27-22-42-30(26-12-6-7-13-28(26)34)17-29(27)36-32(37-31)43-21-24-11-8-14-38(24)2;1-34-17-23-18-37(14-15-38(23)32(39)43-19-21-8-4-3-5-9-21)30-25-20-42-28(16-27(25)35-31(36-30)44(2,40)41)24-12-6-10-22-11-7-13-26(33)29(22)24/h6-7,9-10,12-13,23-24,29H,8,11,14-21H2,1-3,5H3;3-7,9-10,12-13,24-25,30H,8,11,14-22H2,2H3;3-13,23,28H,14-20H2,2H3/t23-,24-,29-;24-,25-,30?;23-,28+/m001/s1. The van der Waals surface area contributed by atoms with E-state index < -0.39 is 45.9 Å². The number of halogens is 3. The van der Waals surface area contributed by atoms with Crippen LogP contribution < -0.4 is 24.2 Å². The monoisotopic (exact) mass is 1880 g/mol. The van der Waals surface area contributed by atoms with Gasteiger partial charge in [0, 0.05) is 139 Å². The lowest BCUT2D eigenvalue weighted by Crippen LogP contribution is -2.57. The number of anilines is 3. The molecule has 3 amide bonds. The van der Waals surface area contributed by atoms with E-state index in [1.165, 1.54) is 0 Å². The minimum Gasteiger partial charge on any atom is -0.462 e. The minimum absolute atomic E-state index is 0.0591. The third kappa shape index (κ3) is 22.5. The number of hydrogen-bond donors (Lipinski definition) is 0. The van der Waals surface area contributed by atoms with Crippen LogP contribution in [0, 0.1) is 19.7 Å². The van der Waals surface area contributed by atoms with E-state index in [9.17, 15) is 22.8 Å². The van der Waals surface area contributed by atoms with Crippen LogP contribution in [0.15, 0.2) is 163 Å². The van der Waals surface area contributed by atoms with E-state index >= 15 is 0 Å². The fourth-order valence-corrected chi connectivity index (χ4v) is 20.0. The molecule has 5 fully saturated rings. The van der Waals surface area contributed by atoms with Gasteiger partial charge in [0.15, 0.2) is 0 Å². The van der Waals surface area contributed by atoms with Crippen LogP contribution in [0.3, 0.4) is 0 Å². The van der Waals surface area contributed by atoms with E-state index in [2.05, 4.69) is 76.4 Å². The average molecular weight is 1880 g/mol. The first kappa shape index (κ1) is 94.4. The summed E-state index contributed by atoms with van der Waals surface area (Å²) >= 11 is 19.8. The van der Waals surface area contributed by atoms with Gasteiger partial charge in [-0.1, -0.05) is 174 Å². The van der Waals surface area contributed by atoms with Crippen LogP contribution in [-0.2, 0) is 90.6 Å². The maximum absolute atomic E-state index is 13.1. The Balaban J connectivity index is 0.000000145. The Kier molecular flexibility index (Phi) is 30.2. The first-order chi connectivity index (χ1) is 64.3. The Morgan fingerprint density at radius 3 is 1.20 bits per heavy atom. The predicted octanol–water partition coefficient (Wildman–Crippen LogP) is 16.3. The summed E-state index contributed by atoms with van der Waals surface area (Å²) in [5, 5.41) is 5.62. The molecule has 133 heavy (non-hydrogen) atoms. The van der Waals surface area contributed by atoms with E-state index in [4.69, 9.17) is 112 Å².